The lowest BCUT2D eigenvalue weighted by molar-refractivity contribution is 0.597. The van der Waals surface area contributed by atoms with Crippen LogP contribution in [0.4, 0.5) is 10.1 Å². The quantitative estimate of drug-likeness (QED) is 0.205. The predicted octanol–water partition coefficient (Wildman–Crippen LogP) is 5.18. The molecular formula is C29H27ClFN5O4S. The average molecular weight is 596 g/mol. The molecular weight excluding hydrogens is 569 g/mol. The van der Waals surface area contributed by atoms with Gasteiger partial charge in [0.2, 0.25) is 0 Å². The van der Waals surface area contributed by atoms with Gasteiger partial charge in [-0.1, -0.05) is 61.3 Å². The fraction of sp³-hybridized carbons (Fsp3) is 0.207. The van der Waals surface area contributed by atoms with Gasteiger partial charge in [-0.25, -0.2) is 22.6 Å². The van der Waals surface area contributed by atoms with E-state index >= 15 is 0 Å². The molecule has 0 fully saturated rings. The predicted molar refractivity (Wildman–Crippen MR) is 157 cm³/mol. The highest BCUT2D eigenvalue weighted by molar-refractivity contribution is 7.92. The number of sulfonamides is 1. The molecule has 0 amide bonds. The van der Waals surface area contributed by atoms with Crippen molar-refractivity contribution in [2.24, 2.45) is 0 Å². The lowest BCUT2D eigenvalue weighted by Crippen LogP contribution is -2.30. The molecule has 0 bridgehead atoms. The fourth-order valence-corrected chi connectivity index (χ4v) is 5.99. The van der Waals surface area contributed by atoms with Crippen LogP contribution in [0.2, 0.25) is 5.02 Å². The number of imidazole rings is 1. The van der Waals surface area contributed by atoms with Gasteiger partial charge in [0.15, 0.2) is 5.65 Å². The Balaban J connectivity index is 1.55. The molecule has 0 aliphatic heterocycles. The number of halogens is 2. The van der Waals surface area contributed by atoms with Crippen molar-refractivity contribution >= 4 is 38.5 Å². The van der Waals surface area contributed by atoms with Gasteiger partial charge in [-0.2, -0.15) is 0 Å². The minimum atomic E-state index is -3.89. The minimum absolute atomic E-state index is 0.0214. The Hall–Kier alpha value is -4.22. The summed E-state index contributed by atoms with van der Waals surface area (Å²) in [5, 5.41) is 0.295. The van der Waals surface area contributed by atoms with Gasteiger partial charge >= 0.3 is 5.69 Å². The van der Waals surface area contributed by atoms with Crippen LogP contribution in [0.1, 0.15) is 42.6 Å². The highest BCUT2D eigenvalue weighted by Gasteiger charge is 2.23. The maximum absolute atomic E-state index is 14.7. The van der Waals surface area contributed by atoms with Crippen molar-refractivity contribution in [3.8, 4) is 0 Å². The summed E-state index contributed by atoms with van der Waals surface area (Å²) in [6.45, 7) is 2.37. The molecule has 212 valence electrons. The number of hydrogen-bond donors (Lipinski definition) is 3. The third kappa shape index (κ3) is 6.10. The number of rotatable bonds is 10. The van der Waals surface area contributed by atoms with Gasteiger partial charge in [-0.05, 0) is 60.4 Å². The average Bonchev–Trinajstić information content (AvgIpc) is 3.39. The normalized spacial score (nSPS) is 12.5. The van der Waals surface area contributed by atoms with E-state index in [9.17, 15) is 22.4 Å². The lowest BCUT2D eigenvalue weighted by atomic mass is 9.91. The summed E-state index contributed by atoms with van der Waals surface area (Å²) >= 11 is 5.96. The molecule has 3 N–H and O–H groups in total. The number of fused-ring (bicyclic) bond motifs is 1. The smallest absolute Gasteiger partial charge is 0.330 e. The first kappa shape index (κ1) is 28.3. The molecule has 3 aromatic carbocycles. The zero-order valence-electron chi connectivity index (χ0n) is 22.0. The standard InChI is InChI=1S/C29H27ClFN5O4S/c1-2-3-15-36-27-25(28(37)34-29(36)38)32-26(33-27)23(16-19-7-4-5-10-24(19)31)18-11-13-21(14-12-18)35-41(39,40)22-9-6-8-20(30)17-22/h4-14,17,23,35H,2-3,15-16H2,1H3,(H,32,33)(H,34,37,38). The fourth-order valence-electron chi connectivity index (χ4n) is 4.64. The first-order valence-corrected chi connectivity index (χ1v) is 14.9. The summed E-state index contributed by atoms with van der Waals surface area (Å²) in [5.74, 6) is -0.568. The molecule has 1 atom stereocenters. The van der Waals surface area contributed by atoms with Crippen LogP contribution in [0.15, 0.2) is 87.3 Å². The molecule has 5 aromatic rings. The monoisotopic (exact) mass is 595 g/mol. The molecule has 0 saturated heterocycles. The van der Waals surface area contributed by atoms with Gasteiger partial charge in [0.1, 0.15) is 17.2 Å². The summed E-state index contributed by atoms with van der Waals surface area (Å²) in [5.41, 5.74) is 0.681. The molecule has 0 aliphatic rings. The summed E-state index contributed by atoms with van der Waals surface area (Å²) in [4.78, 5) is 35.3. The van der Waals surface area contributed by atoms with E-state index in [2.05, 4.69) is 19.7 Å². The van der Waals surface area contributed by atoms with Gasteiger partial charge in [-0.3, -0.25) is 19.1 Å². The number of unbranched alkanes of at least 4 members (excludes halogenated alkanes) is 1. The van der Waals surface area contributed by atoms with E-state index in [0.717, 1.165) is 6.42 Å². The van der Waals surface area contributed by atoms with E-state index < -0.39 is 33.0 Å². The Kier molecular flexibility index (Phi) is 8.09. The molecule has 0 radical (unpaired) electrons. The number of benzene rings is 3. The second-order valence-corrected chi connectivity index (χ2v) is 11.7. The number of aryl methyl sites for hydroxylation is 1. The zero-order chi connectivity index (χ0) is 29.1. The van der Waals surface area contributed by atoms with E-state index in [1.165, 1.54) is 22.8 Å². The van der Waals surface area contributed by atoms with E-state index in [0.29, 0.717) is 40.6 Å². The Morgan fingerprint density at radius 3 is 2.49 bits per heavy atom. The van der Waals surface area contributed by atoms with Crippen molar-refractivity contribution in [2.45, 2.75) is 43.5 Å². The third-order valence-corrected chi connectivity index (χ3v) is 8.38. The molecule has 9 nitrogen and oxygen atoms in total. The van der Waals surface area contributed by atoms with Crippen molar-refractivity contribution < 1.29 is 12.8 Å². The topological polar surface area (TPSA) is 130 Å². The third-order valence-electron chi connectivity index (χ3n) is 6.77. The maximum atomic E-state index is 14.7. The molecule has 12 heteroatoms. The number of aromatic amines is 2. The number of H-pyrrole nitrogens is 2. The Labute approximate surface area is 240 Å². The number of anilines is 1. The number of aromatic nitrogens is 4. The molecule has 2 heterocycles. The number of nitrogens with one attached hydrogen (secondary N) is 3. The van der Waals surface area contributed by atoms with Gasteiger partial charge in [-0.15, -0.1) is 0 Å². The summed E-state index contributed by atoms with van der Waals surface area (Å²) in [7, 11) is -3.89. The van der Waals surface area contributed by atoms with Gasteiger partial charge < -0.3 is 4.98 Å². The Morgan fingerprint density at radius 1 is 1.02 bits per heavy atom. The van der Waals surface area contributed by atoms with Crippen molar-refractivity contribution in [3.05, 3.63) is 121 Å². The Bertz CT molecular complexity index is 1930. The van der Waals surface area contributed by atoms with Crippen molar-refractivity contribution in [1.82, 2.24) is 19.5 Å². The SMILES string of the molecule is CCCCn1c(=O)[nH]c(=O)c2[nH]c(C(Cc3ccccc3F)c3ccc(NS(=O)(=O)c4cccc(Cl)c4)cc3)nc21. The van der Waals surface area contributed by atoms with Crippen molar-refractivity contribution in [2.75, 3.05) is 4.72 Å². The highest BCUT2D eigenvalue weighted by atomic mass is 35.5. The number of hydrogen-bond acceptors (Lipinski definition) is 5. The molecule has 1 unspecified atom stereocenters. The van der Waals surface area contributed by atoms with E-state index in [1.807, 2.05) is 6.92 Å². The highest BCUT2D eigenvalue weighted by Crippen LogP contribution is 2.30. The molecule has 5 rings (SSSR count). The minimum Gasteiger partial charge on any atom is -0.336 e. The molecule has 0 saturated carbocycles. The van der Waals surface area contributed by atoms with Crippen LogP contribution in [0.5, 0.6) is 0 Å². The van der Waals surface area contributed by atoms with Crippen LogP contribution in [-0.2, 0) is 23.0 Å². The van der Waals surface area contributed by atoms with Gasteiger partial charge in [0.05, 0.1) is 4.90 Å². The van der Waals surface area contributed by atoms with Crippen LogP contribution in [-0.4, -0.2) is 27.9 Å². The molecule has 0 spiro atoms. The largest absolute Gasteiger partial charge is 0.336 e. The summed E-state index contributed by atoms with van der Waals surface area (Å²) in [6.07, 6.45) is 1.75. The zero-order valence-corrected chi connectivity index (χ0v) is 23.6. The second kappa shape index (κ2) is 11.7. The first-order valence-electron chi connectivity index (χ1n) is 13.0. The van der Waals surface area contributed by atoms with Crippen LogP contribution in [0.3, 0.4) is 0 Å². The Morgan fingerprint density at radius 2 is 1.78 bits per heavy atom. The van der Waals surface area contributed by atoms with Crippen LogP contribution >= 0.6 is 11.6 Å². The second-order valence-electron chi connectivity index (χ2n) is 9.62. The van der Waals surface area contributed by atoms with Crippen LogP contribution in [0.25, 0.3) is 11.2 Å². The molecule has 0 aliphatic carbocycles. The van der Waals surface area contributed by atoms with E-state index in [-0.39, 0.29) is 22.5 Å². The van der Waals surface area contributed by atoms with E-state index in [4.69, 9.17) is 11.6 Å². The molecule has 41 heavy (non-hydrogen) atoms. The summed E-state index contributed by atoms with van der Waals surface area (Å²) < 4.78 is 44.4. The first-order chi connectivity index (χ1) is 19.7. The van der Waals surface area contributed by atoms with Crippen molar-refractivity contribution in [3.63, 3.8) is 0 Å². The molecule has 2 aromatic heterocycles. The van der Waals surface area contributed by atoms with Gasteiger partial charge in [0, 0.05) is 23.2 Å². The lowest BCUT2D eigenvalue weighted by Gasteiger charge is -2.17. The van der Waals surface area contributed by atoms with Crippen LogP contribution < -0.4 is 16.0 Å². The summed E-state index contributed by atoms with van der Waals surface area (Å²) in [6, 6.07) is 18.9. The van der Waals surface area contributed by atoms with E-state index in [1.54, 1.807) is 54.6 Å². The van der Waals surface area contributed by atoms with Gasteiger partial charge in [0.25, 0.3) is 15.6 Å². The van der Waals surface area contributed by atoms with Crippen LogP contribution in [0, 0.1) is 5.82 Å². The van der Waals surface area contributed by atoms with Crippen molar-refractivity contribution in [1.29, 1.82) is 0 Å². The maximum Gasteiger partial charge on any atom is 0.330 e. The number of nitrogens with zero attached hydrogens (tertiary/aromatic N) is 2.